The molecule has 3 aliphatic heterocycles. The van der Waals surface area contributed by atoms with Crippen LogP contribution in [-0.2, 0) is 12.0 Å². The van der Waals surface area contributed by atoms with Gasteiger partial charge in [0.2, 0.25) is 6.79 Å². The first-order valence-corrected chi connectivity index (χ1v) is 12.8. The Balaban J connectivity index is 1.41. The molecule has 0 aliphatic carbocycles. The number of nitrogens with zero attached hydrogens (tertiary/aromatic N) is 2. The lowest BCUT2D eigenvalue weighted by Gasteiger charge is -2.50. The molecule has 1 fully saturated rings. The molecule has 0 saturated carbocycles. The Morgan fingerprint density at radius 1 is 1.11 bits per heavy atom. The van der Waals surface area contributed by atoms with E-state index < -0.39 is 0 Å². The van der Waals surface area contributed by atoms with E-state index >= 15 is 0 Å². The summed E-state index contributed by atoms with van der Waals surface area (Å²) >= 11 is 0. The second-order valence-electron chi connectivity index (χ2n) is 10.2. The molecule has 3 aromatic rings. The van der Waals surface area contributed by atoms with E-state index in [1.807, 2.05) is 6.07 Å². The average molecular weight is 478 g/mol. The number of fused-ring (bicyclic) bond motifs is 5. The Kier molecular flexibility index (Phi) is 5.87. The van der Waals surface area contributed by atoms with Crippen LogP contribution in [0.15, 0.2) is 36.4 Å². The average Bonchev–Trinajstić information content (AvgIpc) is 3.50. The van der Waals surface area contributed by atoms with E-state index in [4.69, 9.17) is 14.2 Å². The molecule has 7 heteroatoms. The SMILES string of the molecule is CCCN1CCC2(CC1)CN(Cc1ccc3c(c1)OCO3)[C@H](CO)c1[nH]c3cc(OC)ccc3c12. The minimum atomic E-state index is -0.0897. The summed E-state index contributed by atoms with van der Waals surface area (Å²) in [4.78, 5) is 8.78. The van der Waals surface area contributed by atoms with Gasteiger partial charge in [-0.25, -0.2) is 0 Å². The summed E-state index contributed by atoms with van der Waals surface area (Å²) in [7, 11) is 1.71. The van der Waals surface area contributed by atoms with E-state index in [1.54, 1.807) is 7.11 Å². The van der Waals surface area contributed by atoms with Crippen molar-refractivity contribution in [2.24, 2.45) is 0 Å². The fourth-order valence-electron chi connectivity index (χ4n) is 6.48. The summed E-state index contributed by atoms with van der Waals surface area (Å²) in [6.07, 6.45) is 3.43. The standard InChI is InChI=1S/C28H35N3O4/c1-3-10-30-11-8-28(9-12-30)17-31(15-19-4-7-24-25(13-19)35-18-34-24)23(16-32)27-26(28)21-6-5-20(33-2)14-22(21)29-27/h4-7,13-14,23,29,32H,3,8-12,15-18H2,1-2H3/t23-/m1/s1. The van der Waals surface area contributed by atoms with E-state index in [1.165, 1.54) is 22.9 Å². The molecule has 0 amide bonds. The van der Waals surface area contributed by atoms with Crippen molar-refractivity contribution >= 4 is 10.9 Å². The Hall–Kier alpha value is -2.74. The highest BCUT2D eigenvalue weighted by Crippen LogP contribution is 2.49. The zero-order chi connectivity index (χ0) is 24.0. The quantitative estimate of drug-likeness (QED) is 0.555. The van der Waals surface area contributed by atoms with Crippen molar-refractivity contribution in [3.63, 3.8) is 0 Å². The fourth-order valence-corrected chi connectivity index (χ4v) is 6.48. The number of aromatic amines is 1. The molecule has 186 valence electrons. The van der Waals surface area contributed by atoms with Crippen molar-refractivity contribution < 1.29 is 19.3 Å². The molecule has 4 heterocycles. The van der Waals surface area contributed by atoms with Crippen LogP contribution in [0.3, 0.4) is 0 Å². The molecule has 1 aromatic heterocycles. The van der Waals surface area contributed by atoms with Crippen molar-refractivity contribution in [3.05, 3.63) is 53.2 Å². The zero-order valence-corrected chi connectivity index (χ0v) is 20.7. The van der Waals surface area contributed by atoms with Gasteiger partial charge in [-0.2, -0.15) is 0 Å². The number of piperidine rings is 1. The molecule has 2 aromatic carbocycles. The van der Waals surface area contributed by atoms with Crippen LogP contribution in [0, 0.1) is 0 Å². The van der Waals surface area contributed by atoms with Crippen LogP contribution >= 0.6 is 0 Å². The second-order valence-corrected chi connectivity index (χ2v) is 10.2. The van der Waals surface area contributed by atoms with Gasteiger partial charge >= 0.3 is 0 Å². The lowest BCUT2D eigenvalue weighted by Crippen LogP contribution is -2.53. The third-order valence-corrected chi connectivity index (χ3v) is 8.19. The predicted octanol–water partition coefficient (Wildman–Crippen LogP) is 4.20. The number of benzene rings is 2. The molecule has 1 spiro atoms. The lowest BCUT2D eigenvalue weighted by molar-refractivity contribution is 0.0434. The van der Waals surface area contributed by atoms with Crippen molar-refractivity contribution in [2.45, 2.75) is 44.2 Å². The Morgan fingerprint density at radius 2 is 1.94 bits per heavy atom. The molecule has 2 N–H and O–H groups in total. The van der Waals surface area contributed by atoms with Crippen LogP contribution in [-0.4, -0.2) is 66.6 Å². The third kappa shape index (κ3) is 3.86. The summed E-state index contributed by atoms with van der Waals surface area (Å²) in [5, 5.41) is 11.9. The maximum absolute atomic E-state index is 10.6. The highest BCUT2D eigenvalue weighted by Gasteiger charge is 2.47. The molecule has 7 nitrogen and oxygen atoms in total. The van der Waals surface area contributed by atoms with Crippen LogP contribution in [0.5, 0.6) is 17.2 Å². The molecule has 0 unspecified atom stereocenters. The first-order chi connectivity index (χ1) is 17.1. The van der Waals surface area contributed by atoms with E-state index in [0.717, 1.165) is 74.0 Å². The van der Waals surface area contributed by atoms with Gasteiger partial charge in [0.25, 0.3) is 0 Å². The van der Waals surface area contributed by atoms with Crippen LogP contribution in [0.4, 0.5) is 0 Å². The lowest BCUT2D eigenvalue weighted by atomic mass is 9.68. The van der Waals surface area contributed by atoms with Crippen LogP contribution in [0.2, 0.25) is 0 Å². The number of hydrogen-bond donors (Lipinski definition) is 2. The van der Waals surface area contributed by atoms with Gasteiger partial charge in [0.15, 0.2) is 11.5 Å². The molecule has 6 rings (SSSR count). The molecule has 1 atom stereocenters. The van der Waals surface area contributed by atoms with Crippen molar-refractivity contribution in [2.75, 3.05) is 46.7 Å². The number of H-pyrrole nitrogens is 1. The second kappa shape index (κ2) is 9.04. The van der Waals surface area contributed by atoms with Gasteiger partial charge in [-0.3, -0.25) is 4.90 Å². The van der Waals surface area contributed by atoms with Crippen LogP contribution < -0.4 is 14.2 Å². The molecule has 35 heavy (non-hydrogen) atoms. The van der Waals surface area contributed by atoms with Gasteiger partial charge in [0.05, 0.1) is 19.8 Å². The predicted molar refractivity (Wildman–Crippen MR) is 135 cm³/mol. The van der Waals surface area contributed by atoms with Crippen molar-refractivity contribution in [3.8, 4) is 17.2 Å². The third-order valence-electron chi connectivity index (χ3n) is 8.19. The summed E-state index contributed by atoms with van der Waals surface area (Å²) in [5.41, 5.74) is 4.88. The number of likely N-dealkylation sites (tertiary alicyclic amines) is 1. The number of hydrogen-bond acceptors (Lipinski definition) is 6. The molecule has 3 aliphatic rings. The van der Waals surface area contributed by atoms with Crippen molar-refractivity contribution in [1.29, 1.82) is 0 Å². The highest BCUT2D eigenvalue weighted by atomic mass is 16.7. The molecule has 1 saturated heterocycles. The molecular weight excluding hydrogens is 442 g/mol. The number of rotatable bonds is 6. The van der Waals surface area contributed by atoms with Crippen LogP contribution in [0.1, 0.15) is 49.0 Å². The number of methoxy groups -OCH3 is 1. The maximum Gasteiger partial charge on any atom is 0.231 e. The monoisotopic (exact) mass is 477 g/mol. The Labute approximate surface area is 206 Å². The minimum absolute atomic E-state index is 0.0500. The maximum atomic E-state index is 10.6. The number of aliphatic hydroxyl groups is 1. The Bertz CT molecular complexity index is 1210. The number of aliphatic hydroxyl groups excluding tert-OH is 1. The first kappa shape index (κ1) is 22.7. The summed E-state index contributed by atoms with van der Waals surface area (Å²) in [6, 6.07) is 12.4. The molecule has 0 bridgehead atoms. The van der Waals surface area contributed by atoms with Gasteiger partial charge in [-0.15, -0.1) is 0 Å². The van der Waals surface area contributed by atoms with Gasteiger partial charge < -0.3 is 29.2 Å². The highest BCUT2D eigenvalue weighted by molar-refractivity contribution is 5.87. The topological polar surface area (TPSA) is 70.2 Å². The smallest absolute Gasteiger partial charge is 0.231 e. The summed E-state index contributed by atoms with van der Waals surface area (Å²) in [5.74, 6) is 2.46. The van der Waals surface area contributed by atoms with Gasteiger partial charge in [0, 0.05) is 41.2 Å². The summed E-state index contributed by atoms with van der Waals surface area (Å²) < 4.78 is 16.7. The first-order valence-electron chi connectivity index (χ1n) is 12.8. The van der Waals surface area contributed by atoms with Gasteiger partial charge in [0.1, 0.15) is 5.75 Å². The summed E-state index contributed by atoms with van der Waals surface area (Å²) in [6.45, 7) is 7.67. The van der Waals surface area contributed by atoms with Crippen LogP contribution in [0.25, 0.3) is 10.9 Å². The minimum Gasteiger partial charge on any atom is -0.497 e. The molecular formula is C28H35N3O4. The zero-order valence-electron chi connectivity index (χ0n) is 20.7. The van der Waals surface area contributed by atoms with E-state index in [9.17, 15) is 5.11 Å². The van der Waals surface area contributed by atoms with Gasteiger partial charge in [-0.05, 0) is 74.3 Å². The Morgan fingerprint density at radius 3 is 2.71 bits per heavy atom. The number of ether oxygens (including phenoxy) is 3. The number of aromatic nitrogens is 1. The number of nitrogens with one attached hydrogen (secondary N) is 1. The largest absolute Gasteiger partial charge is 0.497 e. The van der Waals surface area contributed by atoms with Crippen molar-refractivity contribution in [1.82, 2.24) is 14.8 Å². The van der Waals surface area contributed by atoms with Gasteiger partial charge in [-0.1, -0.05) is 13.0 Å². The fraction of sp³-hybridized carbons (Fsp3) is 0.500. The van der Waals surface area contributed by atoms with E-state index in [0.29, 0.717) is 0 Å². The normalized spacial score (nSPS) is 21.5. The molecule has 0 radical (unpaired) electrons. The van der Waals surface area contributed by atoms with E-state index in [-0.39, 0.29) is 24.9 Å². The van der Waals surface area contributed by atoms with E-state index in [2.05, 4.69) is 52.0 Å².